The summed E-state index contributed by atoms with van der Waals surface area (Å²) in [7, 11) is 1.85. The first-order valence-corrected chi connectivity index (χ1v) is 6.62. The minimum absolute atomic E-state index is 0.216. The van der Waals surface area contributed by atoms with Gasteiger partial charge in [-0.3, -0.25) is 14.8 Å². The topological polar surface area (TPSA) is 59.8 Å². The highest BCUT2D eigenvalue weighted by molar-refractivity contribution is 7.13. The maximum Gasteiger partial charge on any atom is 0.277 e. The maximum atomic E-state index is 12.0. The van der Waals surface area contributed by atoms with Crippen molar-refractivity contribution < 1.29 is 4.79 Å². The third kappa shape index (κ3) is 2.59. The molecule has 0 atom stereocenters. The predicted octanol–water partition coefficient (Wildman–Crippen LogP) is 2.56. The monoisotopic (exact) mass is 264 g/mol. The number of carbonyl (C=O) groups excluding carboxylic acids is 1. The molecule has 0 radical (unpaired) electrons. The molecule has 96 valence electrons. The van der Waals surface area contributed by atoms with Gasteiger partial charge in [-0.25, -0.2) is 4.98 Å². The largest absolute Gasteiger partial charge is 0.296 e. The van der Waals surface area contributed by atoms with Crippen molar-refractivity contribution in [3.63, 3.8) is 0 Å². The lowest BCUT2D eigenvalue weighted by Gasteiger charge is -2.02. The lowest BCUT2D eigenvalue weighted by Crippen LogP contribution is -2.12. The Morgan fingerprint density at radius 2 is 2.22 bits per heavy atom. The van der Waals surface area contributed by atoms with Gasteiger partial charge < -0.3 is 0 Å². The Morgan fingerprint density at radius 3 is 2.72 bits per heavy atom. The lowest BCUT2D eigenvalue weighted by molar-refractivity contribution is 0.102. The van der Waals surface area contributed by atoms with Crippen LogP contribution in [0.2, 0.25) is 0 Å². The summed E-state index contributed by atoms with van der Waals surface area (Å²) in [6, 6.07) is 1.82. The summed E-state index contributed by atoms with van der Waals surface area (Å²) in [6.45, 7) is 6.04. The van der Waals surface area contributed by atoms with Crippen molar-refractivity contribution in [3.8, 4) is 0 Å². The molecule has 18 heavy (non-hydrogen) atoms. The highest BCUT2D eigenvalue weighted by Gasteiger charge is 2.15. The van der Waals surface area contributed by atoms with E-state index in [4.69, 9.17) is 0 Å². The van der Waals surface area contributed by atoms with Gasteiger partial charge in [0.15, 0.2) is 10.8 Å². The number of nitrogens with zero attached hydrogens (tertiary/aromatic N) is 3. The number of hydrogen-bond acceptors (Lipinski definition) is 4. The zero-order valence-corrected chi connectivity index (χ0v) is 11.7. The summed E-state index contributed by atoms with van der Waals surface area (Å²) < 4.78 is 1.74. The van der Waals surface area contributed by atoms with Crippen molar-refractivity contribution in [2.24, 2.45) is 7.05 Å². The molecular formula is C12H16N4OS. The molecule has 0 fully saturated rings. The van der Waals surface area contributed by atoms with Crippen molar-refractivity contribution in [1.29, 1.82) is 0 Å². The number of aromatic nitrogens is 3. The van der Waals surface area contributed by atoms with E-state index < -0.39 is 0 Å². The second kappa shape index (κ2) is 4.89. The van der Waals surface area contributed by atoms with E-state index in [1.807, 2.05) is 25.4 Å². The molecule has 1 N–H and O–H groups in total. The number of amides is 1. The number of aryl methyl sites for hydroxylation is 2. The van der Waals surface area contributed by atoms with E-state index in [0.717, 1.165) is 11.4 Å². The zero-order valence-electron chi connectivity index (χ0n) is 10.9. The standard InChI is InChI=1S/C12H16N4OS/c1-7(2)10-5-9(15-16(10)4)11(17)14-12-13-8(3)6-18-12/h5-7H,1-4H3,(H,13,14,17). The lowest BCUT2D eigenvalue weighted by atomic mass is 10.1. The molecule has 6 heteroatoms. The van der Waals surface area contributed by atoms with Crippen LogP contribution in [0.25, 0.3) is 0 Å². The van der Waals surface area contributed by atoms with E-state index in [1.165, 1.54) is 11.3 Å². The maximum absolute atomic E-state index is 12.0. The SMILES string of the molecule is Cc1csc(NC(=O)c2cc(C(C)C)n(C)n2)n1. The Kier molecular flexibility index (Phi) is 3.47. The van der Waals surface area contributed by atoms with Crippen LogP contribution in [0, 0.1) is 6.92 Å². The average molecular weight is 264 g/mol. The van der Waals surface area contributed by atoms with Crippen LogP contribution in [-0.2, 0) is 7.05 Å². The average Bonchev–Trinajstić information content (AvgIpc) is 2.85. The summed E-state index contributed by atoms with van der Waals surface area (Å²) in [4.78, 5) is 16.2. The summed E-state index contributed by atoms with van der Waals surface area (Å²) in [5, 5.41) is 9.47. The minimum Gasteiger partial charge on any atom is -0.296 e. The molecule has 0 bridgehead atoms. The Hall–Kier alpha value is -1.69. The van der Waals surface area contributed by atoms with Gasteiger partial charge in [-0.1, -0.05) is 13.8 Å². The van der Waals surface area contributed by atoms with Crippen molar-refractivity contribution >= 4 is 22.4 Å². The molecule has 1 amide bonds. The molecule has 0 aliphatic heterocycles. The number of carbonyl (C=O) groups is 1. The van der Waals surface area contributed by atoms with E-state index in [2.05, 4.69) is 29.2 Å². The van der Waals surface area contributed by atoms with Crippen LogP contribution >= 0.6 is 11.3 Å². The third-order valence-electron chi connectivity index (χ3n) is 2.58. The Morgan fingerprint density at radius 1 is 1.50 bits per heavy atom. The second-order valence-corrected chi connectivity index (χ2v) is 5.34. The summed E-state index contributed by atoms with van der Waals surface area (Å²) in [6.07, 6.45) is 0. The first-order valence-electron chi connectivity index (χ1n) is 5.74. The van der Waals surface area contributed by atoms with Gasteiger partial charge in [0.1, 0.15) is 0 Å². The van der Waals surface area contributed by atoms with Crippen molar-refractivity contribution in [1.82, 2.24) is 14.8 Å². The van der Waals surface area contributed by atoms with Gasteiger partial charge >= 0.3 is 0 Å². The normalized spacial score (nSPS) is 10.9. The van der Waals surface area contributed by atoms with E-state index in [-0.39, 0.29) is 5.91 Å². The van der Waals surface area contributed by atoms with Crippen molar-refractivity contribution in [3.05, 3.63) is 28.5 Å². The number of thiazole rings is 1. The van der Waals surface area contributed by atoms with Gasteiger partial charge in [0, 0.05) is 18.1 Å². The second-order valence-electron chi connectivity index (χ2n) is 4.48. The fourth-order valence-corrected chi connectivity index (χ4v) is 2.39. The fourth-order valence-electron chi connectivity index (χ4n) is 1.71. The molecule has 5 nitrogen and oxygen atoms in total. The molecule has 0 saturated heterocycles. The molecule has 2 aromatic heterocycles. The smallest absolute Gasteiger partial charge is 0.277 e. The fraction of sp³-hybridized carbons (Fsp3) is 0.417. The van der Waals surface area contributed by atoms with Crippen LogP contribution in [0.15, 0.2) is 11.4 Å². The molecule has 2 heterocycles. The third-order valence-corrected chi connectivity index (χ3v) is 3.46. The van der Waals surface area contributed by atoms with Gasteiger partial charge in [0.05, 0.1) is 5.69 Å². The van der Waals surface area contributed by atoms with Crippen LogP contribution in [0.3, 0.4) is 0 Å². The van der Waals surface area contributed by atoms with Gasteiger partial charge in [-0.2, -0.15) is 5.10 Å². The van der Waals surface area contributed by atoms with Crippen LogP contribution in [0.4, 0.5) is 5.13 Å². The number of hydrogen-bond donors (Lipinski definition) is 1. The summed E-state index contributed by atoms with van der Waals surface area (Å²) in [5.41, 5.74) is 2.36. The Labute approximate surface area is 110 Å². The number of nitrogens with one attached hydrogen (secondary N) is 1. The van der Waals surface area contributed by atoms with Gasteiger partial charge in [0.25, 0.3) is 5.91 Å². The highest BCUT2D eigenvalue weighted by atomic mass is 32.1. The quantitative estimate of drug-likeness (QED) is 0.926. The van der Waals surface area contributed by atoms with E-state index in [0.29, 0.717) is 16.7 Å². The molecule has 2 aromatic rings. The Balaban J connectivity index is 2.16. The molecular weight excluding hydrogens is 248 g/mol. The molecule has 0 aliphatic rings. The van der Waals surface area contributed by atoms with Crippen LogP contribution in [-0.4, -0.2) is 20.7 Å². The van der Waals surface area contributed by atoms with E-state index in [1.54, 1.807) is 4.68 Å². The van der Waals surface area contributed by atoms with Crippen molar-refractivity contribution in [2.75, 3.05) is 5.32 Å². The first kappa shape index (κ1) is 12.8. The van der Waals surface area contributed by atoms with Crippen LogP contribution in [0.1, 0.15) is 41.6 Å². The first-order chi connectivity index (χ1) is 8.47. The number of anilines is 1. The number of rotatable bonds is 3. The molecule has 0 saturated carbocycles. The summed E-state index contributed by atoms with van der Waals surface area (Å²) >= 11 is 1.41. The molecule has 0 spiro atoms. The molecule has 2 rings (SSSR count). The minimum atomic E-state index is -0.216. The van der Waals surface area contributed by atoms with Crippen LogP contribution < -0.4 is 5.32 Å². The van der Waals surface area contributed by atoms with Gasteiger partial charge in [-0.05, 0) is 18.9 Å². The van der Waals surface area contributed by atoms with Gasteiger partial charge in [-0.15, -0.1) is 11.3 Å². The highest BCUT2D eigenvalue weighted by Crippen LogP contribution is 2.18. The van der Waals surface area contributed by atoms with E-state index in [9.17, 15) is 4.79 Å². The van der Waals surface area contributed by atoms with E-state index >= 15 is 0 Å². The molecule has 0 unspecified atom stereocenters. The molecule has 0 aromatic carbocycles. The van der Waals surface area contributed by atoms with Gasteiger partial charge in [0.2, 0.25) is 0 Å². The van der Waals surface area contributed by atoms with Crippen LogP contribution in [0.5, 0.6) is 0 Å². The Bertz CT molecular complexity index is 570. The summed E-state index contributed by atoms with van der Waals surface area (Å²) in [5.74, 6) is 0.123. The van der Waals surface area contributed by atoms with Crippen molar-refractivity contribution in [2.45, 2.75) is 26.7 Å². The molecule has 0 aliphatic carbocycles. The zero-order chi connectivity index (χ0) is 13.3. The predicted molar refractivity (Wildman–Crippen MR) is 72.1 cm³/mol.